The van der Waals surface area contributed by atoms with Gasteiger partial charge in [0.25, 0.3) is 11.1 Å². The Hall–Kier alpha value is -4.24. The summed E-state index contributed by atoms with van der Waals surface area (Å²) >= 11 is 0.781. The number of imide groups is 1. The van der Waals surface area contributed by atoms with E-state index in [1.807, 2.05) is 31.2 Å². The molecule has 37 heavy (non-hydrogen) atoms. The highest BCUT2D eigenvalue weighted by Crippen LogP contribution is 2.35. The number of amides is 3. The molecular formula is C28H26N2O6S. The van der Waals surface area contributed by atoms with E-state index in [-0.39, 0.29) is 4.91 Å². The molecule has 9 heteroatoms. The smallest absolute Gasteiger partial charge is 0.294 e. The average Bonchev–Trinajstić information content (AvgIpc) is 3.15. The van der Waals surface area contributed by atoms with Gasteiger partial charge in [-0.1, -0.05) is 48.0 Å². The van der Waals surface area contributed by atoms with E-state index in [2.05, 4.69) is 5.32 Å². The van der Waals surface area contributed by atoms with Crippen LogP contribution in [0.2, 0.25) is 0 Å². The zero-order valence-electron chi connectivity index (χ0n) is 20.6. The summed E-state index contributed by atoms with van der Waals surface area (Å²) in [4.78, 5) is 39.0. The number of para-hydroxylation sites is 2. The molecule has 3 aromatic rings. The van der Waals surface area contributed by atoms with Crippen molar-refractivity contribution in [1.29, 1.82) is 0 Å². The van der Waals surface area contributed by atoms with E-state index in [1.54, 1.807) is 48.5 Å². The van der Waals surface area contributed by atoms with Gasteiger partial charge in [0.05, 0.1) is 24.8 Å². The van der Waals surface area contributed by atoms with Gasteiger partial charge in [0.2, 0.25) is 5.91 Å². The molecule has 0 aromatic heterocycles. The SMILES string of the molecule is COc1ccccc1NC(=O)CN1C(=O)S/C(=C\c2ccc(OCc3cccc(C)c3)c(OC)c2)C1=O. The molecule has 0 saturated carbocycles. The lowest BCUT2D eigenvalue weighted by molar-refractivity contribution is -0.127. The molecule has 1 aliphatic rings. The Morgan fingerprint density at radius 1 is 0.946 bits per heavy atom. The second kappa shape index (κ2) is 11.7. The Labute approximate surface area is 219 Å². The Morgan fingerprint density at radius 2 is 1.73 bits per heavy atom. The van der Waals surface area contributed by atoms with Crippen LogP contribution in [0.3, 0.4) is 0 Å². The number of rotatable bonds is 9. The van der Waals surface area contributed by atoms with Crippen LogP contribution < -0.4 is 19.5 Å². The molecule has 0 bridgehead atoms. The van der Waals surface area contributed by atoms with E-state index in [0.29, 0.717) is 35.1 Å². The highest BCUT2D eigenvalue weighted by molar-refractivity contribution is 8.18. The monoisotopic (exact) mass is 518 g/mol. The number of nitrogens with zero attached hydrogens (tertiary/aromatic N) is 1. The summed E-state index contributed by atoms with van der Waals surface area (Å²) in [6, 6.07) is 20.2. The minimum atomic E-state index is -0.538. The fraction of sp³-hybridized carbons (Fsp3) is 0.179. The number of benzene rings is 3. The Balaban J connectivity index is 1.43. The number of ether oxygens (including phenoxy) is 3. The molecule has 0 aliphatic carbocycles. The number of carbonyl (C=O) groups excluding carboxylic acids is 3. The largest absolute Gasteiger partial charge is 0.495 e. The maximum atomic E-state index is 12.9. The van der Waals surface area contributed by atoms with E-state index in [1.165, 1.54) is 14.2 Å². The van der Waals surface area contributed by atoms with E-state index in [9.17, 15) is 14.4 Å². The van der Waals surface area contributed by atoms with Gasteiger partial charge >= 0.3 is 0 Å². The van der Waals surface area contributed by atoms with Crippen molar-refractivity contribution in [2.75, 3.05) is 26.1 Å². The molecule has 0 atom stereocenters. The number of carbonyl (C=O) groups is 3. The molecule has 1 N–H and O–H groups in total. The van der Waals surface area contributed by atoms with E-state index < -0.39 is 23.6 Å². The summed E-state index contributed by atoms with van der Waals surface area (Å²) in [5, 5.41) is 2.16. The zero-order chi connectivity index (χ0) is 26.4. The first-order valence-corrected chi connectivity index (χ1v) is 12.2. The fourth-order valence-corrected chi connectivity index (χ4v) is 4.56. The number of anilines is 1. The molecule has 1 aliphatic heterocycles. The van der Waals surface area contributed by atoms with Crippen LogP contribution in [0.15, 0.2) is 71.6 Å². The number of nitrogens with one attached hydrogen (secondary N) is 1. The predicted octanol–water partition coefficient (Wildman–Crippen LogP) is 5.27. The topological polar surface area (TPSA) is 94.2 Å². The second-order valence-electron chi connectivity index (χ2n) is 8.20. The van der Waals surface area contributed by atoms with Crippen molar-refractivity contribution in [3.05, 3.63) is 88.3 Å². The van der Waals surface area contributed by atoms with Gasteiger partial charge in [0, 0.05) is 0 Å². The normalized spacial score (nSPS) is 14.1. The highest BCUT2D eigenvalue weighted by atomic mass is 32.2. The van der Waals surface area contributed by atoms with Crippen LogP contribution >= 0.6 is 11.8 Å². The number of hydrogen-bond donors (Lipinski definition) is 1. The first-order valence-electron chi connectivity index (χ1n) is 11.4. The van der Waals surface area contributed by atoms with Crippen molar-refractivity contribution in [2.45, 2.75) is 13.5 Å². The maximum absolute atomic E-state index is 12.9. The molecule has 0 unspecified atom stereocenters. The molecular weight excluding hydrogens is 492 g/mol. The first kappa shape index (κ1) is 25.8. The lowest BCUT2D eigenvalue weighted by Gasteiger charge is -2.14. The Bertz CT molecular complexity index is 1370. The van der Waals surface area contributed by atoms with Gasteiger partial charge in [-0.15, -0.1) is 0 Å². The fourth-order valence-electron chi connectivity index (χ4n) is 3.73. The van der Waals surface area contributed by atoms with Crippen LogP contribution in [0.1, 0.15) is 16.7 Å². The minimum Gasteiger partial charge on any atom is -0.495 e. The van der Waals surface area contributed by atoms with Crippen LogP contribution in [0, 0.1) is 6.92 Å². The summed E-state index contributed by atoms with van der Waals surface area (Å²) in [5.74, 6) is 0.484. The average molecular weight is 519 g/mol. The van der Waals surface area contributed by atoms with Crippen LogP contribution in [0.4, 0.5) is 10.5 Å². The lowest BCUT2D eigenvalue weighted by Crippen LogP contribution is -2.36. The van der Waals surface area contributed by atoms with Crippen molar-refractivity contribution in [2.24, 2.45) is 0 Å². The standard InChI is InChI=1S/C28H26N2O6S/c1-18-7-6-8-20(13-18)17-36-23-12-11-19(14-24(23)35-3)15-25-27(32)30(28(33)37-25)16-26(31)29-21-9-4-5-10-22(21)34-2/h4-15H,16-17H2,1-3H3,(H,29,31)/b25-15-. The minimum absolute atomic E-state index is 0.213. The summed E-state index contributed by atoms with van der Waals surface area (Å²) in [6.07, 6.45) is 1.59. The molecule has 3 amide bonds. The second-order valence-corrected chi connectivity index (χ2v) is 9.20. The van der Waals surface area contributed by atoms with E-state index in [4.69, 9.17) is 14.2 Å². The van der Waals surface area contributed by atoms with Crippen molar-refractivity contribution in [3.8, 4) is 17.2 Å². The highest BCUT2D eigenvalue weighted by Gasteiger charge is 2.36. The van der Waals surface area contributed by atoms with Crippen molar-refractivity contribution >= 4 is 40.6 Å². The number of aryl methyl sites for hydroxylation is 1. The van der Waals surface area contributed by atoms with Crippen molar-refractivity contribution in [1.82, 2.24) is 4.90 Å². The van der Waals surface area contributed by atoms with Crippen LogP contribution in [-0.2, 0) is 16.2 Å². The quantitative estimate of drug-likeness (QED) is 0.386. The molecule has 1 heterocycles. The van der Waals surface area contributed by atoms with E-state index >= 15 is 0 Å². The third-order valence-electron chi connectivity index (χ3n) is 5.52. The Kier molecular flexibility index (Phi) is 8.15. The molecule has 1 fully saturated rings. The predicted molar refractivity (Wildman–Crippen MR) is 143 cm³/mol. The van der Waals surface area contributed by atoms with E-state index in [0.717, 1.165) is 27.8 Å². The molecule has 0 spiro atoms. The van der Waals surface area contributed by atoms with Gasteiger partial charge in [-0.05, 0) is 60.2 Å². The number of methoxy groups -OCH3 is 2. The van der Waals surface area contributed by atoms with Gasteiger partial charge in [0.1, 0.15) is 18.9 Å². The Morgan fingerprint density at radius 3 is 2.49 bits per heavy atom. The summed E-state index contributed by atoms with van der Waals surface area (Å²) < 4.78 is 16.6. The lowest BCUT2D eigenvalue weighted by atomic mass is 10.1. The number of hydrogen-bond acceptors (Lipinski definition) is 7. The van der Waals surface area contributed by atoms with Crippen LogP contribution in [0.5, 0.6) is 17.2 Å². The number of thioether (sulfide) groups is 1. The molecule has 8 nitrogen and oxygen atoms in total. The van der Waals surface area contributed by atoms with Gasteiger partial charge in [0.15, 0.2) is 11.5 Å². The zero-order valence-corrected chi connectivity index (χ0v) is 21.5. The molecule has 4 rings (SSSR count). The van der Waals surface area contributed by atoms with Crippen LogP contribution in [-0.4, -0.2) is 42.7 Å². The molecule has 3 aromatic carbocycles. The molecule has 1 saturated heterocycles. The summed E-state index contributed by atoms with van der Waals surface area (Å²) in [6.45, 7) is 2.00. The molecule has 0 radical (unpaired) electrons. The van der Waals surface area contributed by atoms with Crippen LogP contribution in [0.25, 0.3) is 6.08 Å². The van der Waals surface area contributed by atoms with Crippen molar-refractivity contribution in [3.63, 3.8) is 0 Å². The van der Waals surface area contributed by atoms with Gasteiger partial charge in [-0.25, -0.2) is 0 Å². The van der Waals surface area contributed by atoms with Gasteiger partial charge in [-0.3, -0.25) is 19.3 Å². The molecule has 190 valence electrons. The van der Waals surface area contributed by atoms with Gasteiger partial charge in [-0.2, -0.15) is 0 Å². The summed E-state index contributed by atoms with van der Waals surface area (Å²) in [7, 11) is 3.02. The summed E-state index contributed by atoms with van der Waals surface area (Å²) in [5.41, 5.74) is 3.29. The first-order chi connectivity index (χ1) is 17.9. The van der Waals surface area contributed by atoms with Gasteiger partial charge < -0.3 is 19.5 Å². The maximum Gasteiger partial charge on any atom is 0.294 e. The van der Waals surface area contributed by atoms with Crippen molar-refractivity contribution < 1.29 is 28.6 Å². The third-order valence-corrected chi connectivity index (χ3v) is 6.43. The third kappa shape index (κ3) is 6.31.